The molecule has 0 saturated carbocycles. The van der Waals surface area contributed by atoms with E-state index in [0.29, 0.717) is 5.56 Å². The van der Waals surface area contributed by atoms with Crippen molar-refractivity contribution in [1.82, 2.24) is 5.32 Å². The molecular weight excluding hydrogens is 406 g/mol. The van der Waals surface area contributed by atoms with Crippen molar-refractivity contribution >= 4 is 11.9 Å². The molecule has 0 bridgehead atoms. The van der Waals surface area contributed by atoms with Crippen LogP contribution < -0.4 is 11.1 Å². The number of aliphatic hydroxyl groups excluding tert-OH is 1. The number of alkyl halides is 2. The molecular formula is C23H20F2N2O4. The first-order chi connectivity index (χ1) is 14.6. The molecule has 2 rings (SSSR count). The molecule has 0 aliphatic carbocycles. The highest BCUT2D eigenvalue weighted by Gasteiger charge is 2.44. The quantitative estimate of drug-likeness (QED) is 0.526. The van der Waals surface area contributed by atoms with Gasteiger partial charge in [0, 0.05) is 16.7 Å². The molecule has 0 radical (unpaired) electrons. The van der Waals surface area contributed by atoms with Crippen molar-refractivity contribution in [3.8, 4) is 23.7 Å². The minimum absolute atomic E-state index is 0.0454. The molecule has 2 aromatic carbocycles. The zero-order valence-corrected chi connectivity index (χ0v) is 16.5. The fourth-order valence-corrected chi connectivity index (χ4v) is 2.43. The maximum atomic E-state index is 13.0. The van der Waals surface area contributed by atoms with Crippen LogP contribution in [0.3, 0.4) is 0 Å². The van der Waals surface area contributed by atoms with Gasteiger partial charge in [0.25, 0.3) is 12.3 Å². The van der Waals surface area contributed by atoms with E-state index >= 15 is 0 Å². The Morgan fingerprint density at radius 1 is 1.03 bits per heavy atom. The topological polar surface area (TPSA) is 113 Å². The molecule has 2 aromatic rings. The Hall–Kier alpha value is -3.72. The molecule has 0 spiro atoms. The third-order valence-corrected chi connectivity index (χ3v) is 4.37. The van der Waals surface area contributed by atoms with Crippen LogP contribution in [0.15, 0.2) is 48.5 Å². The van der Waals surface area contributed by atoms with E-state index in [9.17, 15) is 18.4 Å². The van der Waals surface area contributed by atoms with Gasteiger partial charge in [-0.15, -0.1) is 0 Å². The number of aliphatic hydroxyl groups is 1. The maximum Gasteiger partial charge on any atom is 0.328 e. The largest absolute Gasteiger partial charge is 0.480 e. The summed E-state index contributed by atoms with van der Waals surface area (Å²) in [6, 6.07) is 10.9. The molecule has 0 aliphatic heterocycles. The van der Waals surface area contributed by atoms with Gasteiger partial charge >= 0.3 is 5.97 Å². The second-order valence-electron chi connectivity index (χ2n) is 6.84. The number of nitrogens with one attached hydrogen (secondary N) is 1. The smallest absolute Gasteiger partial charge is 0.328 e. The Labute approximate surface area is 178 Å². The molecule has 0 aromatic heterocycles. The molecule has 0 heterocycles. The second-order valence-corrected chi connectivity index (χ2v) is 6.84. The van der Waals surface area contributed by atoms with Crippen LogP contribution >= 0.6 is 0 Å². The lowest BCUT2D eigenvalue weighted by Crippen LogP contribution is -2.64. The summed E-state index contributed by atoms with van der Waals surface area (Å²) in [5, 5.41) is 20.2. The number of hydrogen-bond donors (Lipinski definition) is 4. The van der Waals surface area contributed by atoms with Gasteiger partial charge in [0.15, 0.2) is 6.04 Å². The molecule has 8 heteroatoms. The summed E-state index contributed by atoms with van der Waals surface area (Å²) in [5.41, 5.74) is 5.08. The van der Waals surface area contributed by atoms with Crippen LogP contribution in [0, 0.1) is 23.7 Å². The minimum Gasteiger partial charge on any atom is -0.480 e. The summed E-state index contributed by atoms with van der Waals surface area (Å²) in [7, 11) is 0. The normalized spacial score (nSPS) is 13.1. The van der Waals surface area contributed by atoms with Crippen molar-refractivity contribution < 1.29 is 28.6 Å². The average Bonchev–Trinajstić information content (AvgIpc) is 2.75. The Kier molecular flexibility index (Phi) is 7.87. The zero-order chi connectivity index (χ0) is 23.0. The van der Waals surface area contributed by atoms with E-state index in [2.05, 4.69) is 23.7 Å². The third-order valence-electron chi connectivity index (χ3n) is 4.37. The molecule has 0 aliphatic rings. The highest BCUT2D eigenvalue weighted by Crippen LogP contribution is 2.18. The van der Waals surface area contributed by atoms with Crippen LogP contribution in [0.5, 0.6) is 0 Å². The molecule has 31 heavy (non-hydrogen) atoms. The Morgan fingerprint density at radius 2 is 1.52 bits per heavy atom. The summed E-state index contributed by atoms with van der Waals surface area (Å²) in [4.78, 5) is 23.5. The first-order valence-corrected chi connectivity index (χ1v) is 9.07. The molecule has 0 saturated heterocycles. The highest BCUT2D eigenvalue weighted by molar-refractivity contribution is 5.97. The summed E-state index contributed by atoms with van der Waals surface area (Å²) >= 11 is 0. The third kappa shape index (κ3) is 6.38. The lowest BCUT2D eigenvalue weighted by Gasteiger charge is -2.30. The average molecular weight is 426 g/mol. The Bertz CT molecular complexity index is 1060. The molecule has 0 fully saturated rings. The number of amides is 1. The van der Waals surface area contributed by atoms with Gasteiger partial charge < -0.3 is 21.3 Å². The van der Waals surface area contributed by atoms with E-state index in [-0.39, 0.29) is 12.2 Å². The van der Waals surface area contributed by atoms with Gasteiger partial charge in [-0.1, -0.05) is 24.0 Å². The maximum absolute atomic E-state index is 13.0. The van der Waals surface area contributed by atoms with E-state index in [0.717, 1.165) is 18.1 Å². The molecule has 1 amide bonds. The van der Waals surface area contributed by atoms with Gasteiger partial charge in [-0.25, -0.2) is 13.6 Å². The molecule has 160 valence electrons. The van der Waals surface area contributed by atoms with Crippen molar-refractivity contribution in [1.29, 1.82) is 0 Å². The fourth-order valence-electron chi connectivity index (χ4n) is 2.43. The van der Waals surface area contributed by atoms with Gasteiger partial charge in [-0.3, -0.25) is 4.79 Å². The Morgan fingerprint density at radius 3 is 1.94 bits per heavy atom. The van der Waals surface area contributed by atoms with Crippen molar-refractivity contribution in [3.05, 3.63) is 70.8 Å². The van der Waals surface area contributed by atoms with Crippen LogP contribution in [-0.4, -0.2) is 40.1 Å². The number of rotatable bonds is 6. The Balaban J connectivity index is 2.06. The van der Waals surface area contributed by atoms with Crippen LogP contribution in [0.1, 0.15) is 34.0 Å². The lowest BCUT2D eigenvalue weighted by atomic mass is 9.93. The molecule has 2 atom stereocenters. The van der Waals surface area contributed by atoms with E-state index in [1.54, 1.807) is 24.3 Å². The summed E-state index contributed by atoms with van der Waals surface area (Å²) < 4.78 is 26.1. The van der Waals surface area contributed by atoms with Gasteiger partial charge in [-0.2, -0.15) is 0 Å². The summed E-state index contributed by atoms with van der Waals surface area (Å²) in [6.07, 6.45) is -3.15. The van der Waals surface area contributed by atoms with Crippen molar-refractivity contribution in [2.24, 2.45) is 5.73 Å². The van der Waals surface area contributed by atoms with Crippen LogP contribution in [0.4, 0.5) is 8.78 Å². The van der Waals surface area contributed by atoms with Crippen molar-refractivity contribution in [2.75, 3.05) is 0 Å². The summed E-state index contributed by atoms with van der Waals surface area (Å²) in [5.74, 6) is 8.49. The first-order valence-electron chi connectivity index (χ1n) is 9.07. The van der Waals surface area contributed by atoms with Gasteiger partial charge in [-0.05, 0) is 60.7 Å². The van der Waals surface area contributed by atoms with Crippen LogP contribution in [0.2, 0.25) is 0 Å². The standard InChI is InChI=1S/C23H20F2N2O4/c1-23(26,22(24)25)19(21(30)31)27-20(29)18-12-10-16(11-13-18)5-3-2-4-15-6-8-17(14-28)9-7-15/h6-13,19,22,28H,14,26H2,1H3,(H,27,29)(H,30,31). The number of nitrogens with two attached hydrogens (primary N) is 1. The van der Waals surface area contributed by atoms with E-state index in [1.165, 1.54) is 24.3 Å². The number of benzene rings is 2. The number of carbonyl (C=O) groups is 2. The number of carboxylic acids is 1. The van der Waals surface area contributed by atoms with E-state index in [1.807, 2.05) is 5.32 Å². The summed E-state index contributed by atoms with van der Waals surface area (Å²) in [6.45, 7) is 0.813. The van der Waals surface area contributed by atoms with E-state index in [4.69, 9.17) is 15.9 Å². The number of carboxylic acid groups (broad SMARTS) is 1. The number of halogens is 2. The van der Waals surface area contributed by atoms with Crippen LogP contribution in [-0.2, 0) is 11.4 Å². The lowest BCUT2D eigenvalue weighted by molar-refractivity contribution is -0.143. The van der Waals surface area contributed by atoms with Crippen molar-refractivity contribution in [2.45, 2.75) is 31.5 Å². The predicted octanol–water partition coefficient (Wildman–Crippen LogP) is 1.75. The number of hydrogen-bond acceptors (Lipinski definition) is 4. The van der Waals surface area contributed by atoms with Gasteiger partial charge in [0.1, 0.15) is 5.54 Å². The molecule has 5 N–H and O–H groups in total. The monoisotopic (exact) mass is 426 g/mol. The van der Waals surface area contributed by atoms with E-state index < -0.39 is 29.9 Å². The zero-order valence-electron chi connectivity index (χ0n) is 16.5. The van der Waals surface area contributed by atoms with Crippen LogP contribution in [0.25, 0.3) is 0 Å². The second kappa shape index (κ2) is 10.4. The van der Waals surface area contributed by atoms with Gasteiger partial charge in [0.05, 0.1) is 6.61 Å². The molecule has 2 unspecified atom stereocenters. The predicted molar refractivity (Wildman–Crippen MR) is 110 cm³/mol. The number of aliphatic carboxylic acids is 1. The van der Waals surface area contributed by atoms with Gasteiger partial charge in [0.2, 0.25) is 0 Å². The minimum atomic E-state index is -3.15. The SMILES string of the molecule is CC(N)(C(F)F)C(NC(=O)c1ccc(C#CC#Cc2ccc(CO)cc2)cc1)C(=O)O. The van der Waals surface area contributed by atoms with Crippen molar-refractivity contribution in [3.63, 3.8) is 0 Å². The number of carbonyl (C=O) groups excluding carboxylic acids is 1. The first kappa shape index (κ1) is 23.6. The highest BCUT2D eigenvalue weighted by atomic mass is 19.3. The molecule has 6 nitrogen and oxygen atoms in total. The fraction of sp³-hybridized carbons (Fsp3) is 0.217.